The summed E-state index contributed by atoms with van der Waals surface area (Å²) in [5.41, 5.74) is 0.704. The molecule has 1 aromatic rings. The van der Waals surface area contributed by atoms with E-state index in [9.17, 15) is 4.79 Å². The van der Waals surface area contributed by atoms with Crippen molar-refractivity contribution >= 4 is 13.8 Å². The maximum atomic E-state index is 11.4. The zero-order chi connectivity index (χ0) is 12.3. The van der Waals surface area contributed by atoms with E-state index < -0.39 is 11.7 Å². The van der Waals surface area contributed by atoms with E-state index in [4.69, 9.17) is 18.1 Å². The van der Waals surface area contributed by atoms with Gasteiger partial charge in [-0.25, -0.2) is 9.97 Å². The van der Waals surface area contributed by atoms with Crippen LogP contribution in [0, 0.1) is 0 Å². The fourth-order valence-corrected chi connectivity index (χ4v) is 1.04. The van der Waals surface area contributed by atoms with Crippen LogP contribution in [-0.2, 0) is 0 Å². The highest BCUT2D eigenvalue weighted by Crippen LogP contribution is 2.11. The Labute approximate surface area is 94.1 Å². The van der Waals surface area contributed by atoms with E-state index >= 15 is 0 Å². The lowest BCUT2D eigenvalue weighted by molar-refractivity contribution is -0.102. The Hall–Kier alpha value is -1.47. The van der Waals surface area contributed by atoms with Gasteiger partial charge in [-0.05, 0) is 12.0 Å². The SMILES string of the molecule is [B]C(O)(O)NC(=O)c1cc(C(C)C)ncn1. The van der Waals surface area contributed by atoms with Gasteiger partial charge in [-0.15, -0.1) is 0 Å². The molecule has 84 valence electrons. The summed E-state index contributed by atoms with van der Waals surface area (Å²) in [6.07, 6.45) is 1.23. The van der Waals surface area contributed by atoms with Crippen molar-refractivity contribution in [2.75, 3.05) is 0 Å². The monoisotopic (exact) mass is 221 g/mol. The molecule has 6 nitrogen and oxygen atoms in total. The maximum Gasteiger partial charge on any atom is 0.273 e. The molecule has 1 heterocycles. The van der Waals surface area contributed by atoms with E-state index in [0.717, 1.165) is 0 Å². The number of nitrogens with one attached hydrogen (secondary N) is 1. The fraction of sp³-hybridized carbons (Fsp3) is 0.444. The first kappa shape index (κ1) is 12.6. The van der Waals surface area contributed by atoms with E-state index in [-0.39, 0.29) is 11.6 Å². The molecule has 0 bridgehead atoms. The second-order valence-electron chi connectivity index (χ2n) is 3.66. The zero-order valence-corrected chi connectivity index (χ0v) is 9.01. The number of rotatable bonds is 3. The smallest absolute Gasteiger partial charge is 0.273 e. The largest absolute Gasteiger partial charge is 0.358 e. The van der Waals surface area contributed by atoms with Gasteiger partial charge in [-0.1, -0.05) is 13.8 Å². The molecule has 1 amide bonds. The Morgan fingerprint density at radius 3 is 2.62 bits per heavy atom. The lowest BCUT2D eigenvalue weighted by Crippen LogP contribution is -2.49. The number of aromatic nitrogens is 2. The van der Waals surface area contributed by atoms with Crippen molar-refractivity contribution in [3.63, 3.8) is 0 Å². The molecule has 1 aromatic heterocycles. The Balaban J connectivity index is 2.88. The van der Waals surface area contributed by atoms with Crippen LogP contribution in [0.25, 0.3) is 0 Å². The van der Waals surface area contributed by atoms with Gasteiger partial charge in [0.15, 0.2) is 13.7 Å². The van der Waals surface area contributed by atoms with Gasteiger partial charge in [0.05, 0.1) is 0 Å². The van der Waals surface area contributed by atoms with Crippen LogP contribution >= 0.6 is 0 Å². The van der Waals surface area contributed by atoms with E-state index in [1.165, 1.54) is 12.4 Å². The molecule has 2 radical (unpaired) electrons. The molecule has 0 atom stereocenters. The molecule has 0 aliphatic heterocycles. The van der Waals surface area contributed by atoms with Gasteiger partial charge in [0, 0.05) is 5.69 Å². The average Bonchev–Trinajstić information content (AvgIpc) is 2.15. The van der Waals surface area contributed by atoms with E-state index in [1.807, 2.05) is 13.8 Å². The second kappa shape index (κ2) is 4.59. The summed E-state index contributed by atoms with van der Waals surface area (Å²) in [6.45, 7) is 3.82. The minimum Gasteiger partial charge on any atom is -0.358 e. The Bertz CT molecular complexity index is 390. The first-order chi connectivity index (χ1) is 7.29. The molecule has 0 aliphatic carbocycles. The predicted octanol–water partition coefficient (Wildman–Crippen LogP) is -0.906. The molecule has 0 saturated carbocycles. The van der Waals surface area contributed by atoms with Gasteiger partial charge in [-0.3, -0.25) is 4.79 Å². The summed E-state index contributed by atoms with van der Waals surface area (Å²) in [5, 5.41) is 19.3. The number of aliphatic hydroxyl groups is 2. The van der Waals surface area contributed by atoms with E-state index in [2.05, 4.69) is 9.97 Å². The fourth-order valence-electron chi connectivity index (χ4n) is 1.04. The predicted molar refractivity (Wildman–Crippen MR) is 56.5 cm³/mol. The minimum absolute atomic E-state index is 0.0247. The summed E-state index contributed by atoms with van der Waals surface area (Å²) >= 11 is 0. The summed E-state index contributed by atoms with van der Waals surface area (Å²) in [5.74, 6) is -3.39. The Kier molecular flexibility index (Phi) is 3.61. The molecule has 1 rings (SSSR count). The van der Waals surface area contributed by atoms with Crippen molar-refractivity contribution in [1.82, 2.24) is 15.3 Å². The quantitative estimate of drug-likeness (QED) is 0.453. The summed E-state index contributed by atoms with van der Waals surface area (Å²) in [4.78, 5) is 19.1. The molecular weight excluding hydrogens is 209 g/mol. The molecule has 3 N–H and O–H groups in total. The highest BCUT2D eigenvalue weighted by molar-refractivity contribution is 6.14. The van der Waals surface area contributed by atoms with Crippen LogP contribution in [-0.4, -0.2) is 39.7 Å². The number of carbonyl (C=O) groups excluding carboxylic acids is 1. The summed E-state index contributed by atoms with van der Waals surface area (Å²) < 4.78 is 0. The third kappa shape index (κ3) is 3.60. The van der Waals surface area contributed by atoms with E-state index in [0.29, 0.717) is 5.69 Å². The lowest BCUT2D eigenvalue weighted by Gasteiger charge is -2.18. The molecule has 16 heavy (non-hydrogen) atoms. The first-order valence-electron chi connectivity index (χ1n) is 4.67. The number of nitrogens with zero attached hydrogens (tertiary/aromatic N) is 2. The van der Waals surface area contributed by atoms with Gasteiger partial charge in [0.25, 0.3) is 5.91 Å². The van der Waals surface area contributed by atoms with Crippen molar-refractivity contribution in [1.29, 1.82) is 0 Å². The third-order valence-corrected chi connectivity index (χ3v) is 1.81. The number of hydrogen-bond acceptors (Lipinski definition) is 5. The molecule has 0 aromatic carbocycles. The Morgan fingerprint density at radius 2 is 2.12 bits per heavy atom. The van der Waals surface area contributed by atoms with Gasteiger partial charge >= 0.3 is 0 Å². The highest BCUT2D eigenvalue weighted by atomic mass is 16.5. The molecule has 7 heteroatoms. The Morgan fingerprint density at radius 1 is 1.50 bits per heavy atom. The van der Waals surface area contributed by atoms with Crippen LogP contribution < -0.4 is 5.32 Å². The number of hydrogen-bond donors (Lipinski definition) is 3. The highest BCUT2D eigenvalue weighted by Gasteiger charge is 2.19. The topological polar surface area (TPSA) is 95.3 Å². The van der Waals surface area contributed by atoms with Crippen LogP contribution in [0.1, 0.15) is 35.9 Å². The number of carbonyl (C=O) groups is 1. The van der Waals surface area contributed by atoms with E-state index in [1.54, 1.807) is 5.32 Å². The summed E-state index contributed by atoms with van der Waals surface area (Å²) in [7, 11) is 4.81. The molecule has 0 fully saturated rings. The van der Waals surface area contributed by atoms with Crippen LogP contribution in [0.4, 0.5) is 0 Å². The van der Waals surface area contributed by atoms with Gasteiger partial charge in [0.1, 0.15) is 12.0 Å². The lowest BCUT2D eigenvalue weighted by atomic mass is 10.0. The van der Waals surface area contributed by atoms with Crippen LogP contribution in [0.3, 0.4) is 0 Å². The second-order valence-corrected chi connectivity index (χ2v) is 3.66. The average molecular weight is 221 g/mol. The zero-order valence-electron chi connectivity index (χ0n) is 9.01. The number of amides is 1. The summed E-state index contributed by atoms with van der Waals surface area (Å²) in [6, 6.07) is 1.46. The maximum absolute atomic E-state index is 11.4. The first-order valence-corrected chi connectivity index (χ1v) is 4.67. The van der Waals surface area contributed by atoms with Gasteiger partial charge < -0.3 is 15.5 Å². The van der Waals surface area contributed by atoms with Crippen molar-refractivity contribution in [3.8, 4) is 0 Å². The van der Waals surface area contributed by atoms with Crippen molar-refractivity contribution in [2.24, 2.45) is 0 Å². The van der Waals surface area contributed by atoms with Gasteiger partial charge in [-0.2, -0.15) is 0 Å². The van der Waals surface area contributed by atoms with Crippen molar-refractivity contribution < 1.29 is 15.0 Å². The van der Waals surface area contributed by atoms with Gasteiger partial charge in [0.2, 0.25) is 0 Å². The minimum atomic E-state index is -2.75. The third-order valence-electron chi connectivity index (χ3n) is 1.81. The van der Waals surface area contributed by atoms with Crippen LogP contribution in [0.2, 0.25) is 0 Å². The molecular formula is C9H12BN3O3. The normalized spacial score (nSPS) is 11.6. The van der Waals surface area contributed by atoms with Crippen molar-refractivity contribution in [3.05, 3.63) is 23.8 Å². The molecule has 0 spiro atoms. The molecule has 0 unspecified atom stereocenters. The van der Waals surface area contributed by atoms with Crippen molar-refractivity contribution in [2.45, 2.75) is 25.6 Å². The van der Waals surface area contributed by atoms with Crippen LogP contribution in [0.5, 0.6) is 0 Å². The van der Waals surface area contributed by atoms with Crippen LogP contribution in [0.15, 0.2) is 12.4 Å². The standard InChI is InChI=1S/C9H12BN3O3/c1-5(2)6-3-7(12-4-11-6)8(14)13-9(10,15)16/h3-5,15-16H,1-2H3,(H,13,14). The molecule has 0 saturated heterocycles. The molecule has 0 aliphatic rings.